The van der Waals surface area contributed by atoms with Gasteiger partial charge in [-0.2, -0.15) is 0 Å². The minimum absolute atomic E-state index is 0.172. The zero-order valence-electron chi connectivity index (χ0n) is 15.5. The minimum Gasteiger partial charge on any atom is -0.508 e. The first-order valence-electron chi connectivity index (χ1n) is 8.94. The zero-order valence-corrected chi connectivity index (χ0v) is 16.3. The number of carbonyl (C=O) groups is 1. The average molecular weight is 405 g/mol. The number of benzene rings is 3. The van der Waals surface area contributed by atoms with Crippen LogP contribution in [0.5, 0.6) is 5.75 Å². The summed E-state index contributed by atoms with van der Waals surface area (Å²) in [5.74, 6) is 0.535. The molecule has 5 nitrogen and oxygen atoms in total. The Bertz CT molecular complexity index is 1180. The van der Waals surface area contributed by atoms with E-state index in [4.69, 9.17) is 16.0 Å². The van der Waals surface area contributed by atoms with Gasteiger partial charge in [0, 0.05) is 23.1 Å². The number of anilines is 1. The van der Waals surface area contributed by atoms with E-state index in [2.05, 4.69) is 10.3 Å². The number of nitrogens with one attached hydrogen (secondary N) is 1. The Hall–Kier alpha value is -3.57. The number of rotatable bonds is 4. The van der Waals surface area contributed by atoms with Gasteiger partial charge in [-0.15, -0.1) is 0 Å². The van der Waals surface area contributed by atoms with Crippen molar-refractivity contribution < 1.29 is 14.3 Å². The van der Waals surface area contributed by atoms with E-state index in [0.29, 0.717) is 16.6 Å². The molecule has 0 aliphatic heterocycles. The first kappa shape index (κ1) is 18.8. The fourth-order valence-corrected chi connectivity index (χ4v) is 3.20. The first-order valence-corrected chi connectivity index (χ1v) is 9.32. The van der Waals surface area contributed by atoms with Crippen LogP contribution in [-0.4, -0.2) is 16.0 Å². The topological polar surface area (TPSA) is 75.4 Å². The lowest BCUT2D eigenvalue weighted by Crippen LogP contribution is -2.05. The Balaban J connectivity index is 1.86. The molecule has 0 aliphatic carbocycles. The van der Waals surface area contributed by atoms with Crippen molar-refractivity contribution in [1.82, 2.24) is 4.98 Å². The number of nitrogens with zero attached hydrogens (tertiary/aromatic N) is 1. The number of oxazole rings is 1. The van der Waals surface area contributed by atoms with Crippen LogP contribution in [-0.2, 0) is 4.79 Å². The van der Waals surface area contributed by atoms with Gasteiger partial charge in [-0.25, -0.2) is 4.98 Å². The smallest absolute Gasteiger partial charge is 0.229 e. The van der Waals surface area contributed by atoms with Gasteiger partial charge >= 0.3 is 0 Å². The largest absolute Gasteiger partial charge is 0.508 e. The van der Waals surface area contributed by atoms with Crippen molar-refractivity contribution in [1.29, 1.82) is 0 Å². The third-order valence-corrected chi connectivity index (χ3v) is 4.60. The molecular formula is C23H17ClN2O3. The Morgan fingerprint density at radius 1 is 0.966 bits per heavy atom. The molecule has 4 rings (SSSR count). The molecule has 0 radical (unpaired) electrons. The van der Waals surface area contributed by atoms with Crippen molar-refractivity contribution in [2.24, 2.45) is 0 Å². The SMILES string of the molecule is CC(=O)Nc1oc(-c2ccccc2-c2cccc(O)c2)nc1-c1ccc(Cl)cc1. The van der Waals surface area contributed by atoms with Crippen LogP contribution < -0.4 is 5.32 Å². The van der Waals surface area contributed by atoms with E-state index >= 15 is 0 Å². The summed E-state index contributed by atoms with van der Waals surface area (Å²) in [4.78, 5) is 16.3. The van der Waals surface area contributed by atoms with Gasteiger partial charge < -0.3 is 9.52 Å². The highest BCUT2D eigenvalue weighted by Crippen LogP contribution is 2.38. The van der Waals surface area contributed by atoms with Gasteiger partial charge in [0.2, 0.25) is 17.7 Å². The summed E-state index contributed by atoms with van der Waals surface area (Å²) in [6.45, 7) is 1.41. The summed E-state index contributed by atoms with van der Waals surface area (Å²) in [6.07, 6.45) is 0. The van der Waals surface area contributed by atoms with Crippen molar-refractivity contribution in [2.75, 3.05) is 5.32 Å². The number of carbonyl (C=O) groups excluding carboxylic acids is 1. The van der Waals surface area contributed by atoms with Crippen LogP contribution in [0.25, 0.3) is 33.8 Å². The number of amides is 1. The van der Waals surface area contributed by atoms with Gasteiger partial charge in [0.15, 0.2) is 0 Å². The van der Waals surface area contributed by atoms with Crippen LogP contribution >= 0.6 is 11.6 Å². The third kappa shape index (κ3) is 4.00. The van der Waals surface area contributed by atoms with Gasteiger partial charge in [-0.3, -0.25) is 10.1 Å². The lowest BCUT2D eigenvalue weighted by atomic mass is 9.99. The number of phenols is 1. The van der Waals surface area contributed by atoms with Gasteiger partial charge in [0.1, 0.15) is 11.4 Å². The van der Waals surface area contributed by atoms with E-state index < -0.39 is 0 Å². The van der Waals surface area contributed by atoms with E-state index in [1.807, 2.05) is 42.5 Å². The van der Waals surface area contributed by atoms with Crippen molar-refractivity contribution in [3.05, 3.63) is 77.8 Å². The molecule has 4 aromatic rings. The number of aromatic hydroxyl groups is 1. The van der Waals surface area contributed by atoms with Crippen LogP contribution in [0.3, 0.4) is 0 Å². The van der Waals surface area contributed by atoms with Gasteiger partial charge in [0.05, 0.1) is 0 Å². The highest BCUT2D eigenvalue weighted by atomic mass is 35.5. The van der Waals surface area contributed by atoms with Crippen LogP contribution in [0.2, 0.25) is 5.02 Å². The molecule has 0 unspecified atom stereocenters. The Kier molecular flexibility index (Phi) is 5.06. The molecule has 3 aromatic carbocycles. The second kappa shape index (κ2) is 7.81. The molecule has 0 atom stereocenters. The predicted molar refractivity (Wildman–Crippen MR) is 114 cm³/mol. The van der Waals surface area contributed by atoms with Crippen molar-refractivity contribution in [3.63, 3.8) is 0 Å². The first-order chi connectivity index (χ1) is 14.0. The Labute approximate surface area is 172 Å². The molecule has 6 heteroatoms. The van der Waals surface area contributed by atoms with E-state index in [1.165, 1.54) is 6.92 Å². The maximum atomic E-state index is 11.7. The summed E-state index contributed by atoms with van der Waals surface area (Å²) in [5, 5.41) is 13.2. The number of halogens is 1. The highest BCUT2D eigenvalue weighted by Gasteiger charge is 2.19. The number of phenolic OH excluding ortho intramolecular Hbond substituents is 1. The summed E-state index contributed by atoms with van der Waals surface area (Å²) < 4.78 is 5.95. The van der Waals surface area contributed by atoms with E-state index in [9.17, 15) is 9.90 Å². The highest BCUT2D eigenvalue weighted by molar-refractivity contribution is 6.30. The second-order valence-corrected chi connectivity index (χ2v) is 6.92. The lowest BCUT2D eigenvalue weighted by molar-refractivity contribution is -0.114. The van der Waals surface area contributed by atoms with E-state index in [-0.39, 0.29) is 17.5 Å². The second-order valence-electron chi connectivity index (χ2n) is 6.48. The molecule has 0 saturated heterocycles. The molecule has 0 spiro atoms. The molecule has 2 N–H and O–H groups in total. The quantitative estimate of drug-likeness (QED) is 0.438. The molecule has 0 bridgehead atoms. The molecular weight excluding hydrogens is 388 g/mol. The summed E-state index contributed by atoms with van der Waals surface area (Å²) in [6, 6.07) is 21.7. The predicted octanol–water partition coefficient (Wildman–Crippen LogP) is 5.99. The molecule has 0 saturated carbocycles. The normalized spacial score (nSPS) is 10.7. The summed E-state index contributed by atoms with van der Waals surface area (Å²) in [7, 11) is 0. The molecule has 1 heterocycles. The van der Waals surface area contributed by atoms with Crippen LogP contribution in [0, 0.1) is 0 Å². The maximum Gasteiger partial charge on any atom is 0.229 e. The van der Waals surface area contributed by atoms with Crippen LogP contribution in [0.1, 0.15) is 6.92 Å². The fourth-order valence-electron chi connectivity index (χ4n) is 3.08. The Morgan fingerprint density at radius 2 is 1.69 bits per heavy atom. The number of hydrogen-bond donors (Lipinski definition) is 2. The third-order valence-electron chi connectivity index (χ3n) is 4.35. The standard InChI is InChI=1S/C23H17ClN2O3/c1-14(27)25-23-21(15-9-11-17(24)12-10-15)26-22(29-23)20-8-3-2-7-19(20)16-5-4-6-18(28)13-16/h2-13,28H,1H3,(H,25,27). The fraction of sp³-hybridized carbons (Fsp3) is 0.0435. The molecule has 29 heavy (non-hydrogen) atoms. The van der Waals surface area contributed by atoms with Gasteiger partial charge in [-0.1, -0.05) is 54.1 Å². The molecule has 144 valence electrons. The van der Waals surface area contributed by atoms with Gasteiger partial charge in [-0.05, 0) is 41.5 Å². The van der Waals surface area contributed by atoms with Crippen LogP contribution in [0.4, 0.5) is 5.88 Å². The average Bonchev–Trinajstić information content (AvgIpc) is 3.11. The van der Waals surface area contributed by atoms with Crippen molar-refractivity contribution in [2.45, 2.75) is 6.92 Å². The molecule has 1 amide bonds. The zero-order chi connectivity index (χ0) is 20.4. The number of aromatic nitrogens is 1. The molecule has 1 aromatic heterocycles. The molecule has 0 aliphatic rings. The number of hydrogen-bond acceptors (Lipinski definition) is 4. The van der Waals surface area contributed by atoms with E-state index in [1.54, 1.807) is 30.3 Å². The Morgan fingerprint density at radius 3 is 2.38 bits per heavy atom. The molecule has 0 fully saturated rings. The van der Waals surface area contributed by atoms with E-state index in [0.717, 1.165) is 22.3 Å². The maximum absolute atomic E-state index is 11.7. The summed E-state index contributed by atoms with van der Waals surface area (Å²) in [5.41, 5.74) is 3.69. The van der Waals surface area contributed by atoms with Crippen molar-refractivity contribution >= 4 is 23.4 Å². The summed E-state index contributed by atoms with van der Waals surface area (Å²) >= 11 is 5.99. The van der Waals surface area contributed by atoms with Gasteiger partial charge in [0.25, 0.3) is 0 Å². The van der Waals surface area contributed by atoms with Crippen molar-refractivity contribution in [3.8, 4) is 39.6 Å². The minimum atomic E-state index is -0.260. The monoisotopic (exact) mass is 404 g/mol. The lowest BCUT2D eigenvalue weighted by Gasteiger charge is -2.07. The van der Waals surface area contributed by atoms with Crippen LogP contribution in [0.15, 0.2) is 77.2 Å².